The summed E-state index contributed by atoms with van der Waals surface area (Å²) in [6, 6.07) is 3.41. The number of methoxy groups -OCH3 is 1. The first kappa shape index (κ1) is 14.8. The van der Waals surface area contributed by atoms with Crippen LogP contribution in [0.4, 0.5) is 0 Å². The average molecular weight is 290 g/mol. The molecule has 0 bridgehead atoms. The van der Waals surface area contributed by atoms with Crippen LogP contribution in [-0.4, -0.2) is 38.8 Å². The molecule has 5 nitrogen and oxygen atoms in total. The number of sulfone groups is 1. The maximum atomic E-state index is 11.7. The molecule has 0 saturated heterocycles. The summed E-state index contributed by atoms with van der Waals surface area (Å²) in [5.74, 6) is -2.76. The van der Waals surface area contributed by atoms with Gasteiger partial charge in [-0.3, -0.25) is 9.59 Å². The zero-order valence-electron chi connectivity index (χ0n) is 10.1. The molecule has 1 aromatic heterocycles. The van der Waals surface area contributed by atoms with Crippen molar-refractivity contribution in [3.8, 4) is 0 Å². The minimum Gasteiger partial charge on any atom is -0.468 e. The molecule has 0 aliphatic heterocycles. The van der Waals surface area contributed by atoms with Gasteiger partial charge in [0, 0.05) is 4.88 Å². The van der Waals surface area contributed by atoms with Gasteiger partial charge in [0.1, 0.15) is 11.5 Å². The SMILES string of the molecule is CCc1ccc(C(=O)CS(=O)(=O)CC(=O)OC)s1. The van der Waals surface area contributed by atoms with Crippen molar-refractivity contribution in [2.45, 2.75) is 13.3 Å². The Bertz CT molecular complexity index is 542. The molecule has 0 aliphatic carbocycles. The van der Waals surface area contributed by atoms with E-state index in [1.165, 1.54) is 11.3 Å². The maximum absolute atomic E-state index is 11.7. The van der Waals surface area contributed by atoms with E-state index in [9.17, 15) is 18.0 Å². The van der Waals surface area contributed by atoms with Crippen molar-refractivity contribution in [1.29, 1.82) is 0 Å². The summed E-state index contributed by atoms with van der Waals surface area (Å²) in [6.07, 6.45) is 0.798. The molecule has 0 fully saturated rings. The normalized spacial score (nSPS) is 11.2. The molecule has 0 N–H and O–H groups in total. The van der Waals surface area contributed by atoms with Gasteiger partial charge in [0.2, 0.25) is 0 Å². The Labute approximate surface area is 110 Å². The Morgan fingerprint density at radius 3 is 2.44 bits per heavy atom. The molecule has 18 heavy (non-hydrogen) atoms. The molecule has 1 heterocycles. The summed E-state index contributed by atoms with van der Waals surface area (Å²) in [7, 11) is -2.65. The van der Waals surface area contributed by atoms with E-state index >= 15 is 0 Å². The number of rotatable bonds is 6. The third-order valence-electron chi connectivity index (χ3n) is 2.20. The second-order valence-corrected chi connectivity index (χ2v) is 6.88. The van der Waals surface area contributed by atoms with Crippen LogP contribution in [0, 0.1) is 0 Å². The third-order valence-corrected chi connectivity index (χ3v) is 4.85. The van der Waals surface area contributed by atoms with Gasteiger partial charge >= 0.3 is 5.97 Å². The highest BCUT2D eigenvalue weighted by Gasteiger charge is 2.22. The number of hydrogen-bond acceptors (Lipinski definition) is 6. The summed E-state index contributed by atoms with van der Waals surface area (Å²) in [5.41, 5.74) is 0. The lowest BCUT2D eigenvalue weighted by Crippen LogP contribution is -2.24. The lowest BCUT2D eigenvalue weighted by molar-refractivity contribution is -0.137. The van der Waals surface area contributed by atoms with E-state index in [4.69, 9.17) is 0 Å². The molecule has 0 atom stereocenters. The quantitative estimate of drug-likeness (QED) is 0.579. The van der Waals surface area contributed by atoms with Crippen molar-refractivity contribution in [3.63, 3.8) is 0 Å². The average Bonchev–Trinajstić information content (AvgIpc) is 2.76. The van der Waals surface area contributed by atoms with Crippen LogP contribution in [0.25, 0.3) is 0 Å². The lowest BCUT2D eigenvalue weighted by atomic mass is 10.3. The molecule has 7 heteroatoms. The molecule has 100 valence electrons. The fourth-order valence-corrected chi connectivity index (χ4v) is 3.39. The van der Waals surface area contributed by atoms with Crippen LogP contribution >= 0.6 is 11.3 Å². The number of carbonyl (C=O) groups is 2. The Balaban J connectivity index is 2.72. The molecule has 0 radical (unpaired) electrons. The summed E-state index contributed by atoms with van der Waals surface area (Å²) in [6.45, 7) is 1.95. The van der Waals surface area contributed by atoms with Crippen molar-refractivity contribution in [2.24, 2.45) is 0 Å². The van der Waals surface area contributed by atoms with Crippen LogP contribution in [0.2, 0.25) is 0 Å². The smallest absolute Gasteiger partial charge is 0.320 e. The molecule has 0 unspecified atom stereocenters. The van der Waals surface area contributed by atoms with E-state index in [1.807, 2.05) is 6.92 Å². The number of ketones is 1. The van der Waals surface area contributed by atoms with Crippen LogP contribution < -0.4 is 0 Å². The van der Waals surface area contributed by atoms with Crippen LogP contribution in [0.15, 0.2) is 12.1 Å². The Morgan fingerprint density at radius 2 is 1.94 bits per heavy atom. The molecular weight excluding hydrogens is 276 g/mol. The Kier molecular flexibility index (Phi) is 5.03. The monoisotopic (exact) mass is 290 g/mol. The maximum Gasteiger partial charge on any atom is 0.320 e. The van der Waals surface area contributed by atoms with E-state index < -0.39 is 33.1 Å². The van der Waals surface area contributed by atoms with Gasteiger partial charge in [-0.15, -0.1) is 11.3 Å². The number of Topliss-reactive ketones (excluding diaryl/α,β-unsaturated/α-hetero) is 1. The molecule has 0 amide bonds. The molecular formula is C11H14O5S2. The van der Waals surface area contributed by atoms with Crippen LogP contribution in [0.3, 0.4) is 0 Å². The fraction of sp³-hybridized carbons (Fsp3) is 0.455. The molecule has 1 aromatic rings. The summed E-state index contributed by atoms with van der Waals surface area (Å²) < 4.78 is 27.4. The molecule has 0 aromatic carbocycles. The highest BCUT2D eigenvalue weighted by atomic mass is 32.2. The zero-order chi connectivity index (χ0) is 13.8. The zero-order valence-corrected chi connectivity index (χ0v) is 11.8. The highest BCUT2D eigenvalue weighted by molar-refractivity contribution is 7.92. The van der Waals surface area contributed by atoms with Gasteiger partial charge in [0.15, 0.2) is 15.6 Å². The topological polar surface area (TPSA) is 77.5 Å². The molecule has 0 spiro atoms. The summed E-state index contributed by atoms with van der Waals surface area (Å²) in [5, 5.41) is 0. The van der Waals surface area contributed by atoms with Crippen LogP contribution in [-0.2, 0) is 25.8 Å². The molecule has 0 saturated carbocycles. The second-order valence-electron chi connectivity index (χ2n) is 3.65. The van der Waals surface area contributed by atoms with E-state index in [1.54, 1.807) is 12.1 Å². The van der Waals surface area contributed by atoms with E-state index in [0.29, 0.717) is 4.88 Å². The number of esters is 1. The first-order valence-electron chi connectivity index (χ1n) is 5.27. The number of aryl methyl sites for hydroxylation is 1. The summed E-state index contributed by atoms with van der Waals surface area (Å²) >= 11 is 1.28. The third kappa shape index (κ3) is 4.23. The van der Waals surface area contributed by atoms with Crippen molar-refractivity contribution in [3.05, 3.63) is 21.9 Å². The number of ether oxygens (including phenoxy) is 1. The van der Waals surface area contributed by atoms with Crippen molar-refractivity contribution >= 4 is 32.9 Å². The van der Waals surface area contributed by atoms with Crippen LogP contribution in [0.5, 0.6) is 0 Å². The highest BCUT2D eigenvalue weighted by Crippen LogP contribution is 2.18. The van der Waals surface area contributed by atoms with Gasteiger partial charge in [-0.05, 0) is 18.6 Å². The van der Waals surface area contributed by atoms with Gasteiger partial charge in [-0.25, -0.2) is 8.42 Å². The van der Waals surface area contributed by atoms with Gasteiger partial charge in [0.25, 0.3) is 0 Å². The van der Waals surface area contributed by atoms with Gasteiger partial charge in [-0.2, -0.15) is 0 Å². The first-order valence-corrected chi connectivity index (χ1v) is 7.91. The van der Waals surface area contributed by atoms with Gasteiger partial charge in [-0.1, -0.05) is 6.92 Å². The predicted molar refractivity (Wildman–Crippen MR) is 68.7 cm³/mol. The fourth-order valence-electron chi connectivity index (χ4n) is 1.28. The number of thiophene rings is 1. The van der Waals surface area contributed by atoms with Crippen molar-refractivity contribution in [2.75, 3.05) is 18.6 Å². The van der Waals surface area contributed by atoms with Crippen LogP contribution in [0.1, 0.15) is 21.5 Å². The Morgan fingerprint density at radius 1 is 1.28 bits per heavy atom. The summed E-state index contributed by atoms with van der Waals surface area (Å²) in [4.78, 5) is 24.0. The largest absolute Gasteiger partial charge is 0.468 e. The number of carbonyl (C=O) groups excluding carboxylic acids is 2. The molecule has 1 rings (SSSR count). The van der Waals surface area contributed by atoms with E-state index in [0.717, 1.165) is 18.4 Å². The minimum absolute atomic E-state index is 0.403. The molecule has 0 aliphatic rings. The van der Waals surface area contributed by atoms with E-state index in [2.05, 4.69) is 4.74 Å². The van der Waals surface area contributed by atoms with E-state index in [-0.39, 0.29) is 0 Å². The van der Waals surface area contributed by atoms with Crippen molar-refractivity contribution < 1.29 is 22.7 Å². The van der Waals surface area contributed by atoms with Crippen molar-refractivity contribution in [1.82, 2.24) is 0 Å². The lowest BCUT2D eigenvalue weighted by Gasteiger charge is -2.01. The number of hydrogen-bond donors (Lipinski definition) is 0. The van der Waals surface area contributed by atoms with Gasteiger partial charge < -0.3 is 4.74 Å². The second kappa shape index (κ2) is 6.10. The first-order chi connectivity index (χ1) is 8.38. The minimum atomic E-state index is -3.76. The Hall–Kier alpha value is -1.21. The predicted octanol–water partition coefficient (Wildman–Crippen LogP) is 1.08. The standard InChI is InChI=1S/C11H14O5S2/c1-3-8-4-5-10(17-8)9(12)6-18(14,15)7-11(13)16-2/h4-5H,3,6-7H2,1-2H3. The van der Waals surface area contributed by atoms with Gasteiger partial charge in [0.05, 0.1) is 12.0 Å².